The number of aromatic amines is 1. The Morgan fingerprint density at radius 3 is 2.70 bits per heavy atom. The van der Waals surface area contributed by atoms with E-state index in [1.165, 1.54) is 0 Å². The van der Waals surface area contributed by atoms with Gasteiger partial charge in [-0.2, -0.15) is 0 Å². The number of thiocarbonyl (C=S) groups is 1. The van der Waals surface area contributed by atoms with Crippen LogP contribution < -0.4 is 11.1 Å². The van der Waals surface area contributed by atoms with Crippen molar-refractivity contribution in [3.8, 4) is 0 Å². The summed E-state index contributed by atoms with van der Waals surface area (Å²) < 4.78 is 0. The van der Waals surface area contributed by atoms with Gasteiger partial charge in [0.2, 0.25) is 5.91 Å². The maximum atomic E-state index is 11.8. The lowest BCUT2D eigenvalue weighted by Crippen LogP contribution is -2.27. The highest BCUT2D eigenvalue weighted by molar-refractivity contribution is 7.80. The van der Waals surface area contributed by atoms with Gasteiger partial charge in [0.1, 0.15) is 10.8 Å². The van der Waals surface area contributed by atoms with Gasteiger partial charge in [-0.05, 0) is 5.56 Å². The number of rotatable bonds is 6. The lowest BCUT2D eigenvalue weighted by molar-refractivity contribution is -0.120. The number of H-pyrrole nitrogens is 1. The molecule has 1 aromatic carbocycles. The molecule has 0 aliphatic heterocycles. The molecule has 0 radical (unpaired) electrons. The first-order valence-corrected chi connectivity index (χ1v) is 6.69. The minimum absolute atomic E-state index is 0.0142. The van der Waals surface area contributed by atoms with Crippen LogP contribution in [0, 0.1) is 0 Å². The third-order valence-corrected chi connectivity index (χ3v) is 3.08. The zero-order valence-electron chi connectivity index (χ0n) is 10.9. The number of aromatic nitrogens is 2. The molecule has 20 heavy (non-hydrogen) atoms. The second-order valence-electron chi connectivity index (χ2n) is 4.37. The molecule has 1 amide bonds. The average molecular weight is 288 g/mol. The van der Waals surface area contributed by atoms with Gasteiger partial charge < -0.3 is 16.0 Å². The number of nitrogens with one attached hydrogen (secondary N) is 2. The van der Waals surface area contributed by atoms with Crippen molar-refractivity contribution in [2.24, 2.45) is 5.73 Å². The molecule has 0 atom stereocenters. The molecule has 0 aliphatic carbocycles. The zero-order valence-corrected chi connectivity index (χ0v) is 11.7. The van der Waals surface area contributed by atoms with Gasteiger partial charge in [0.05, 0.1) is 6.42 Å². The van der Waals surface area contributed by atoms with Crippen molar-refractivity contribution in [1.29, 1.82) is 0 Å². The van der Waals surface area contributed by atoms with Crippen LogP contribution in [0.5, 0.6) is 0 Å². The molecular weight excluding hydrogens is 272 g/mol. The Morgan fingerprint density at radius 1 is 1.35 bits per heavy atom. The second-order valence-corrected chi connectivity index (χ2v) is 4.81. The third kappa shape index (κ3) is 4.17. The number of hydrogen-bond acceptors (Lipinski definition) is 3. The van der Waals surface area contributed by atoms with Gasteiger partial charge >= 0.3 is 0 Å². The van der Waals surface area contributed by atoms with Crippen molar-refractivity contribution in [3.05, 3.63) is 53.6 Å². The molecule has 1 heterocycles. The molecule has 2 aromatic rings. The first-order chi connectivity index (χ1) is 9.65. The quantitative estimate of drug-likeness (QED) is 0.691. The van der Waals surface area contributed by atoms with Crippen molar-refractivity contribution in [2.75, 3.05) is 6.54 Å². The highest BCUT2D eigenvalue weighted by Crippen LogP contribution is 2.05. The molecule has 0 unspecified atom stereocenters. The summed E-state index contributed by atoms with van der Waals surface area (Å²) >= 11 is 4.88. The smallest absolute Gasteiger partial charge is 0.224 e. The predicted octanol–water partition coefficient (Wildman–Crippen LogP) is 0.945. The Morgan fingerprint density at radius 2 is 2.10 bits per heavy atom. The third-order valence-electron chi connectivity index (χ3n) is 2.84. The van der Waals surface area contributed by atoms with Crippen LogP contribution in [0.3, 0.4) is 0 Å². The Kier molecular flexibility index (Phi) is 4.84. The van der Waals surface area contributed by atoms with Crippen LogP contribution in [-0.2, 0) is 17.6 Å². The van der Waals surface area contributed by atoms with Gasteiger partial charge in [0.25, 0.3) is 0 Å². The molecule has 6 heteroatoms. The van der Waals surface area contributed by atoms with Gasteiger partial charge in [-0.3, -0.25) is 4.79 Å². The summed E-state index contributed by atoms with van der Waals surface area (Å²) in [5.41, 5.74) is 7.26. The number of nitrogens with zero attached hydrogens (tertiary/aromatic N) is 1. The highest BCUT2D eigenvalue weighted by atomic mass is 32.1. The maximum Gasteiger partial charge on any atom is 0.224 e. The predicted molar refractivity (Wildman–Crippen MR) is 81.3 cm³/mol. The lowest BCUT2D eigenvalue weighted by Gasteiger charge is -2.05. The summed E-state index contributed by atoms with van der Waals surface area (Å²) in [6, 6.07) is 7.38. The minimum atomic E-state index is -0.0142. The summed E-state index contributed by atoms with van der Waals surface area (Å²) in [7, 11) is 0. The minimum Gasteiger partial charge on any atom is -0.389 e. The highest BCUT2D eigenvalue weighted by Gasteiger charge is 2.04. The summed E-state index contributed by atoms with van der Waals surface area (Å²) in [6.07, 6.45) is 4.50. The number of amides is 1. The summed E-state index contributed by atoms with van der Waals surface area (Å²) in [5, 5.41) is 2.86. The Bertz CT molecular complexity index is 578. The topological polar surface area (TPSA) is 83.8 Å². The molecular formula is C14H16N4OS. The number of benzene rings is 1. The van der Waals surface area contributed by atoms with Crippen molar-refractivity contribution >= 4 is 23.1 Å². The molecule has 4 N–H and O–H groups in total. The van der Waals surface area contributed by atoms with E-state index >= 15 is 0 Å². The SMILES string of the molecule is NC(=S)c1ccc(CC(=O)NCCc2ncc[nH]2)cc1. The van der Waals surface area contributed by atoms with Crippen LogP contribution in [-0.4, -0.2) is 27.4 Å². The van der Waals surface area contributed by atoms with Gasteiger partial charge in [0, 0.05) is 30.9 Å². The largest absolute Gasteiger partial charge is 0.389 e. The van der Waals surface area contributed by atoms with Crippen LogP contribution in [0.4, 0.5) is 0 Å². The van der Waals surface area contributed by atoms with E-state index in [2.05, 4.69) is 15.3 Å². The first kappa shape index (κ1) is 14.2. The zero-order chi connectivity index (χ0) is 14.4. The average Bonchev–Trinajstić information content (AvgIpc) is 2.92. The fourth-order valence-corrected chi connectivity index (χ4v) is 1.93. The molecule has 104 valence electrons. The van der Waals surface area contributed by atoms with E-state index in [0.717, 1.165) is 17.0 Å². The normalized spacial score (nSPS) is 10.2. The maximum absolute atomic E-state index is 11.8. The van der Waals surface area contributed by atoms with Crippen molar-refractivity contribution in [1.82, 2.24) is 15.3 Å². The molecule has 0 saturated carbocycles. The van der Waals surface area contributed by atoms with E-state index in [-0.39, 0.29) is 5.91 Å². The second kappa shape index (κ2) is 6.81. The number of nitrogens with two attached hydrogens (primary N) is 1. The van der Waals surface area contributed by atoms with E-state index in [9.17, 15) is 4.79 Å². The summed E-state index contributed by atoms with van der Waals surface area (Å²) in [6.45, 7) is 0.567. The summed E-state index contributed by atoms with van der Waals surface area (Å²) in [4.78, 5) is 19.2. The fraction of sp³-hybridized carbons (Fsp3) is 0.214. The van der Waals surface area contributed by atoms with Gasteiger partial charge in [-0.1, -0.05) is 36.5 Å². The standard InChI is InChI=1S/C14H16N4OS/c15-14(20)11-3-1-10(2-4-11)9-13(19)18-6-5-12-16-7-8-17-12/h1-4,7-8H,5-6,9H2,(H2,15,20)(H,16,17)(H,18,19). The van der Waals surface area contributed by atoms with E-state index < -0.39 is 0 Å². The molecule has 1 aromatic heterocycles. The van der Waals surface area contributed by atoms with E-state index in [4.69, 9.17) is 18.0 Å². The Hall–Kier alpha value is -2.21. The molecule has 0 spiro atoms. The van der Waals surface area contributed by atoms with E-state index in [1.807, 2.05) is 24.3 Å². The van der Waals surface area contributed by atoms with Crippen LogP contribution in [0.15, 0.2) is 36.7 Å². The van der Waals surface area contributed by atoms with Crippen LogP contribution in [0.25, 0.3) is 0 Å². The van der Waals surface area contributed by atoms with Crippen LogP contribution >= 0.6 is 12.2 Å². The molecule has 0 aliphatic rings. The number of hydrogen-bond donors (Lipinski definition) is 3. The van der Waals surface area contributed by atoms with Crippen LogP contribution in [0.2, 0.25) is 0 Å². The number of carbonyl (C=O) groups is 1. The first-order valence-electron chi connectivity index (χ1n) is 6.29. The molecule has 5 nitrogen and oxygen atoms in total. The fourth-order valence-electron chi connectivity index (χ4n) is 1.79. The van der Waals surface area contributed by atoms with Gasteiger partial charge in [-0.25, -0.2) is 4.98 Å². The molecule has 0 fully saturated rings. The van der Waals surface area contributed by atoms with Crippen molar-refractivity contribution in [3.63, 3.8) is 0 Å². The molecule has 2 rings (SSSR count). The summed E-state index contributed by atoms with van der Waals surface area (Å²) in [5.74, 6) is 0.853. The number of imidazole rings is 1. The monoisotopic (exact) mass is 288 g/mol. The van der Waals surface area contributed by atoms with E-state index in [0.29, 0.717) is 24.4 Å². The van der Waals surface area contributed by atoms with Crippen molar-refractivity contribution in [2.45, 2.75) is 12.8 Å². The van der Waals surface area contributed by atoms with Gasteiger partial charge in [0.15, 0.2) is 0 Å². The molecule has 0 saturated heterocycles. The lowest BCUT2D eigenvalue weighted by atomic mass is 10.1. The number of carbonyl (C=O) groups excluding carboxylic acids is 1. The van der Waals surface area contributed by atoms with E-state index in [1.54, 1.807) is 12.4 Å². The Balaban J connectivity index is 1.77. The Labute approximate surface area is 122 Å². The molecule has 0 bridgehead atoms. The van der Waals surface area contributed by atoms with Crippen LogP contribution in [0.1, 0.15) is 17.0 Å². The van der Waals surface area contributed by atoms with Gasteiger partial charge in [-0.15, -0.1) is 0 Å². The van der Waals surface area contributed by atoms with Crippen molar-refractivity contribution < 1.29 is 4.79 Å².